The van der Waals surface area contributed by atoms with Crippen molar-refractivity contribution in [2.24, 2.45) is 0 Å². The minimum Gasteiger partial charge on any atom is -0.379 e. The third-order valence-electron chi connectivity index (χ3n) is 4.70. The third-order valence-corrected chi connectivity index (χ3v) is 6.60. The molecule has 130 valence electrons. The van der Waals surface area contributed by atoms with Gasteiger partial charge in [-0.05, 0) is 12.8 Å². The Hall–Kier alpha value is -0.920. The molecule has 0 unspecified atom stereocenters. The number of rotatable bonds is 3. The molecule has 0 atom stereocenters. The van der Waals surface area contributed by atoms with E-state index in [0.29, 0.717) is 42.9 Å². The Morgan fingerprint density at radius 3 is 2.35 bits per heavy atom. The molecule has 0 bridgehead atoms. The van der Waals surface area contributed by atoms with Crippen LogP contribution in [-0.4, -0.2) is 48.8 Å². The quantitative estimate of drug-likeness (QED) is 0.846. The molecule has 0 spiro atoms. The highest BCUT2D eigenvalue weighted by Gasteiger charge is 2.35. The highest BCUT2D eigenvalue weighted by atomic mass is 32.2. The summed E-state index contributed by atoms with van der Waals surface area (Å²) >= 11 is 0. The molecule has 2 aliphatic rings. The molecule has 0 radical (unpaired) electrons. The minimum absolute atomic E-state index is 0.307. The van der Waals surface area contributed by atoms with Gasteiger partial charge in [-0.2, -0.15) is 9.40 Å². The predicted molar refractivity (Wildman–Crippen MR) is 88.0 cm³/mol. The molecule has 1 saturated carbocycles. The Bertz CT molecular complexity index is 649. The van der Waals surface area contributed by atoms with Crippen LogP contribution in [0.1, 0.15) is 58.2 Å². The maximum Gasteiger partial charge on any atom is 0.246 e. The average Bonchev–Trinajstić information content (AvgIpc) is 3.16. The molecule has 0 aromatic carbocycles. The topological polar surface area (TPSA) is 64.4 Å². The summed E-state index contributed by atoms with van der Waals surface area (Å²) in [5.74, 6) is 0. The average molecular weight is 341 g/mol. The van der Waals surface area contributed by atoms with E-state index in [9.17, 15) is 8.42 Å². The van der Waals surface area contributed by atoms with Crippen molar-refractivity contribution >= 4 is 10.0 Å². The molecule has 1 saturated heterocycles. The Labute approximate surface area is 138 Å². The normalized spacial score (nSPS) is 21.9. The van der Waals surface area contributed by atoms with Gasteiger partial charge in [-0.3, -0.25) is 4.68 Å². The Balaban J connectivity index is 2.02. The lowest BCUT2D eigenvalue weighted by atomic mass is 9.92. The van der Waals surface area contributed by atoms with E-state index in [0.717, 1.165) is 12.8 Å². The van der Waals surface area contributed by atoms with Gasteiger partial charge in [0.25, 0.3) is 0 Å². The molecule has 1 aliphatic carbocycles. The summed E-state index contributed by atoms with van der Waals surface area (Å²) in [6, 6.07) is 0.338. The van der Waals surface area contributed by atoms with Crippen LogP contribution < -0.4 is 0 Å². The number of sulfonamides is 1. The molecule has 23 heavy (non-hydrogen) atoms. The molecule has 1 aliphatic heterocycles. The molecule has 2 fully saturated rings. The van der Waals surface area contributed by atoms with Crippen LogP contribution in [0.3, 0.4) is 0 Å². The maximum atomic E-state index is 13.1. The van der Waals surface area contributed by atoms with Crippen LogP contribution in [0.25, 0.3) is 0 Å². The second-order valence-electron chi connectivity index (χ2n) is 7.53. The summed E-state index contributed by atoms with van der Waals surface area (Å²) in [6.07, 6.45) is 6.33. The van der Waals surface area contributed by atoms with Gasteiger partial charge >= 0.3 is 0 Å². The van der Waals surface area contributed by atoms with E-state index in [2.05, 4.69) is 0 Å². The van der Waals surface area contributed by atoms with Gasteiger partial charge in [0.2, 0.25) is 10.0 Å². The Morgan fingerprint density at radius 2 is 1.78 bits per heavy atom. The molecular formula is C16H27N3O3S. The van der Waals surface area contributed by atoms with Crippen molar-refractivity contribution in [1.82, 2.24) is 14.1 Å². The highest BCUT2D eigenvalue weighted by Crippen LogP contribution is 2.34. The first-order valence-electron chi connectivity index (χ1n) is 8.48. The van der Waals surface area contributed by atoms with Crippen molar-refractivity contribution in [2.45, 2.75) is 62.8 Å². The van der Waals surface area contributed by atoms with Gasteiger partial charge in [-0.15, -0.1) is 0 Å². The largest absolute Gasteiger partial charge is 0.379 e. The van der Waals surface area contributed by atoms with E-state index in [4.69, 9.17) is 9.84 Å². The van der Waals surface area contributed by atoms with Gasteiger partial charge in [0.1, 0.15) is 4.90 Å². The third kappa shape index (κ3) is 3.32. The lowest BCUT2D eigenvalue weighted by Gasteiger charge is -2.27. The van der Waals surface area contributed by atoms with E-state index >= 15 is 0 Å². The van der Waals surface area contributed by atoms with Crippen molar-refractivity contribution in [3.63, 3.8) is 0 Å². The first-order valence-corrected chi connectivity index (χ1v) is 9.92. The summed E-state index contributed by atoms with van der Waals surface area (Å²) in [6.45, 7) is 7.81. The molecule has 3 rings (SSSR count). The van der Waals surface area contributed by atoms with Crippen molar-refractivity contribution in [2.75, 3.05) is 26.3 Å². The van der Waals surface area contributed by atoms with Crippen LogP contribution in [0.2, 0.25) is 0 Å². The van der Waals surface area contributed by atoms with Gasteiger partial charge in [0, 0.05) is 24.7 Å². The first kappa shape index (κ1) is 16.9. The molecule has 1 aromatic rings. The number of morpholine rings is 1. The number of nitrogens with zero attached hydrogens (tertiary/aromatic N) is 3. The summed E-state index contributed by atoms with van der Waals surface area (Å²) in [4.78, 5) is 0.374. The van der Waals surface area contributed by atoms with Gasteiger partial charge in [0.05, 0.1) is 24.9 Å². The van der Waals surface area contributed by atoms with Crippen LogP contribution in [-0.2, 0) is 20.2 Å². The fourth-order valence-electron chi connectivity index (χ4n) is 3.37. The molecular weight excluding hydrogens is 314 g/mol. The number of hydrogen-bond donors (Lipinski definition) is 0. The zero-order valence-corrected chi connectivity index (χ0v) is 15.1. The number of hydrogen-bond acceptors (Lipinski definition) is 4. The van der Waals surface area contributed by atoms with E-state index in [1.807, 2.05) is 25.5 Å². The standard InChI is InChI=1S/C16H27N3O3S/c1-16(2,3)15-14(12-19(17-15)13-6-4-5-7-13)23(20,21)18-8-10-22-11-9-18/h12-13H,4-11H2,1-3H3. The second kappa shape index (κ2) is 6.18. The summed E-state index contributed by atoms with van der Waals surface area (Å²) < 4.78 is 34.9. The van der Waals surface area contributed by atoms with E-state index in [1.165, 1.54) is 17.1 Å². The van der Waals surface area contributed by atoms with E-state index in [1.54, 1.807) is 6.20 Å². The smallest absolute Gasteiger partial charge is 0.246 e. The lowest BCUT2D eigenvalue weighted by Crippen LogP contribution is -2.41. The van der Waals surface area contributed by atoms with Crippen molar-refractivity contribution in [1.29, 1.82) is 0 Å². The van der Waals surface area contributed by atoms with E-state index < -0.39 is 10.0 Å². The first-order chi connectivity index (χ1) is 10.8. The zero-order valence-electron chi connectivity index (χ0n) is 14.3. The Morgan fingerprint density at radius 1 is 1.17 bits per heavy atom. The van der Waals surface area contributed by atoms with Gasteiger partial charge < -0.3 is 4.74 Å². The molecule has 0 N–H and O–H groups in total. The van der Waals surface area contributed by atoms with Crippen LogP contribution in [0.5, 0.6) is 0 Å². The minimum atomic E-state index is -3.51. The summed E-state index contributed by atoms with van der Waals surface area (Å²) in [7, 11) is -3.51. The molecule has 2 heterocycles. The Kier molecular flexibility index (Phi) is 4.55. The summed E-state index contributed by atoms with van der Waals surface area (Å²) in [5, 5.41) is 4.70. The molecule has 7 heteroatoms. The van der Waals surface area contributed by atoms with Crippen LogP contribution in [0, 0.1) is 0 Å². The van der Waals surface area contributed by atoms with Gasteiger partial charge in [-0.25, -0.2) is 8.42 Å². The fraction of sp³-hybridized carbons (Fsp3) is 0.812. The molecule has 0 amide bonds. The van der Waals surface area contributed by atoms with Gasteiger partial charge in [0.15, 0.2) is 0 Å². The molecule has 6 nitrogen and oxygen atoms in total. The van der Waals surface area contributed by atoms with E-state index in [-0.39, 0.29) is 5.41 Å². The highest BCUT2D eigenvalue weighted by molar-refractivity contribution is 7.89. The maximum absolute atomic E-state index is 13.1. The molecule has 1 aromatic heterocycles. The SMILES string of the molecule is CC(C)(C)c1nn(C2CCCC2)cc1S(=O)(=O)N1CCOCC1. The zero-order chi connectivity index (χ0) is 16.7. The summed E-state index contributed by atoms with van der Waals surface area (Å²) in [5.41, 5.74) is 0.370. The van der Waals surface area contributed by atoms with Crippen LogP contribution in [0.4, 0.5) is 0 Å². The van der Waals surface area contributed by atoms with Crippen molar-refractivity contribution in [3.05, 3.63) is 11.9 Å². The fourth-order valence-corrected chi connectivity index (χ4v) is 5.11. The van der Waals surface area contributed by atoms with Crippen LogP contribution in [0.15, 0.2) is 11.1 Å². The van der Waals surface area contributed by atoms with Gasteiger partial charge in [-0.1, -0.05) is 33.6 Å². The number of ether oxygens (including phenoxy) is 1. The van der Waals surface area contributed by atoms with Crippen molar-refractivity contribution in [3.8, 4) is 0 Å². The predicted octanol–water partition coefficient (Wildman–Crippen LogP) is 2.32. The van der Waals surface area contributed by atoms with Crippen LogP contribution >= 0.6 is 0 Å². The number of aromatic nitrogens is 2. The van der Waals surface area contributed by atoms with Crippen molar-refractivity contribution < 1.29 is 13.2 Å². The monoisotopic (exact) mass is 341 g/mol. The lowest BCUT2D eigenvalue weighted by molar-refractivity contribution is 0.0730. The second-order valence-corrected chi connectivity index (χ2v) is 9.43.